The molecule has 0 radical (unpaired) electrons. The molecule has 1 heterocycles. The van der Waals surface area contributed by atoms with Gasteiger partial charge < -0.3 is 5.73 Å². The van der Waals surface area contributed by atoms with Crippen molar-refractivity contribution in [2.75, 3.05) is 5.73 Å². The van der Waals surface area contributed by atoms with E-state index in [9.17, 15) is 0 Å². The second-order valence-electron chi connectivity index (χ2n) is 3.29. The Bertz CT molecular complexity index is 346. The highest BCUT2D eigenvalue weighted by atomic mass is 15.3. The maximum Gasteiger partial charge on any atom is 0.140 e. The summed E-state index contributed by atoms with van der Waals surface area (Å²) in [7, 11) is 0. The van der Waals surface area contributed by atoms with E-state index in [1.165, 1.54) is 0 Å². The summed E-state index contributed by atoms with van der Waals surface area (Å²) in [4.78, 5) is 0. The molecular weight excluding hydrogens is 176 g/mol. The van der Waals surface area contributed by atoms with E-state index >= 15 is 0 Å². The van der Waals surface area contributed by atoms with Crippen molar-refractivity contribution in [3.8, 4) is 6.07 Å². The minimum Gasteiger partial charge on any atom is -0.383 e. The fraction of sp³-hybridized carbons (Fsp3) is 0.600. The lowest BCUT2D eigenvalue weighted by Crippen LogP contribution is -2.04. The SMILES string of the molecule is CCCc1nn(CCC)c(N)c1C#N. The van der Waals surface area contributed by atoms with Crippen LogP contribution in [0.25, 0.3) is 0 Å². The number of nitriles is 1. The first kappa shape index (κ1) is 10.6. The molecular formula is C10H16N4. The quantitative estimate of drug-likeness (QED) is 0.789. The monoisotopic (exact) mass is 192 g/mol. The summed E-state index contributed by atoms with van der Waals surface area (Å²) < 4.78 is 1.73. The van der Waals surface area contributed by atoms with E-state index in [0.29, 0.717) is 11.4 Å². The highest BCUT2D eigenvalue weighted by Crippen LogP contribution is 2.17. The van der Waals surface area contributed by atoms with Crippen LogP contribution in [-0.2, 0) is 13.0 Å². The molecule has 0 saturated carbocycles. The molecule has 76 valence electrons. The van der Waals surface area contributed by atoms with Crippen molar-refractivity contribution in [3.05, 3.63) is 11.3 Å². The number of nitrogen functional groups attached to an aromatic ring is 1. The minimum absolute atomic E-state index is 0.512. The fourth-order valence-electron chi connectivity index (χ4n) is 1.44. The largest absolute Gasteiger partial charge is 0.383 e. The zero-order chi connectivity index (χ0) is 10.6. The molecule has 0 aliphatic carbocycles. The minimum atomic E-state index is 0.512. The van der Waals surface area contributed by atoms with Crippen LogP contribution in [0, 0.1) is 11.3 Å². The van der Waals surface area contributed by atoms with Gasteiger partial charge in [0.15, 0.2) is 0 Å². The van der Waals surface area contributed by atoms with Gasteiger partial charge in [-0.1, -0.05) is 20.3 Å². The van der Waals surface area contributed by atoms with E-state index in [4.69, 9.17) is 11.0 Å². The van der Waals surface area contributed by atoms with Gasteiger partial charge in [0.25, 0.3) is 0 Å². The Hall–Kier alpha value is -1.50. The van der Waals surface area contributed by atoms with Crippen LogP contribution < -0.4 is 5.73 Å². The van der Waals surface area contributed by atoms with E-state index in [2.05, 4.69) is 25.0 Å². The molecule has 1 rings (SSSR count). The highest BCUT2D eigenvalue weighted by Gasteiger charge is 2.13. The van der Waals surface area contributed by atoms with E-state index in [-0.39, 0.29) is 0 Å². The van der Waals surface area contributed by atoms with Gasteiger partial charge in [0.05, 0.1) is 5.69 Å². The zero-order valence-electron chi connectivity index (χ0n) is 8.75. The van der Waals surface area contributed by atoms with Crippen molar-refractivity contribution in [1.82, 2.24) is 9.78 Å². The van der Waals surface area contributed by atoms with Crippen molar-refractivity contribution < 1.29 is 0 Å². The summed E-state index contributed by atoms with van der Waals surface area (Å²) in [5.74, 6) is 0.512. The molecule has 2 N–H and O–H groups in total. The average Bonchev–Trinajstić information content (AvgIpc) is 2.45. The molecule has 1 aromatic heterocycles. The van der Waals surface area contributed by atoms with Crippen LogP contribution in [0.3, 0.4) is 0 Å². The number of hydrogen-bond donors (Lipinski definition) is 1. The number of aromatic nitrogens is 2. The first-order chi connectivity index (χ1) is 6.74. The van der Waals surface area contributed by atoms with Crippen LogP contribution in [-0.4, -0.2) is 9.78 Å². The molecule has 0 saturated heterocycles. The van der Waals surface area contributed by atoms with Crippen LogP contribution in [0.15, 0.2) is 0 Å². The van der Waals surface area contributed by atoms with Gasteiger partial charge in [-0.2, -0.15) is 10.4 Å². The zero-order valence-corrected chi connectivity index (χ0v) is 8.75. The predicted molar refractivity (Wildman–Crippen MR) is 55.6 cm³/mol. The van der Waals surface area contributed by atoms with E-state index in [1.54, 1.807) is 4.68 Å². The summed E-state index contributed by atoms with van der Waals surface area (Å²) in [6.45, 7) is 4.91. The lowest BCUT2D eigenvalue weighted by Gasteiger charge is -1.99. The summed E-state index contributed by atoms with van der Waals surface area (Å²) in [6.07, 6.45) is 2.78. The van der Waals surface area contributed by atoms with Gasteiger partial charge >= 0.3 is 0 Å². The topological polar surface area (TPSA) is 67.6 Å². The second kappa shape index (κ2) is 4.66. The van der Waals surface area contributed by atoms with Crippen molar-refractivity contribution in [2.45, 2.75) is 39.7 Å². The Morgan fingerprint density at radius 3 is 2.64 bits per heavy atom. The van der Waals surface area contributed by atoms with Gasteiger partial charge in [-0.15, -0.1) is 0 Å². The van der Waals surface area contributed by atoms with Gasteiger partial charge in [0.1, 0.15) is 17.5 Å². The number of nitrogens with zero attached hydrogens (tertiary/aromatic N) is 3. The number of rotatable bonds is 4. The van der Waals surface area contributed by atoms with E-state index < -0.39 is 0 Å². The van der Waals surface area contributed by atoms with Crippen molar-refractivity contribution in [3.63, 3.8) is 0 Å². The summed E-state index contributed by atoms with van der Waals surface area (Å²) in [6, 6.07) is 2.12. The van der Waals surface area contributed by atoms with Crippen LogP contribution >= 0.6 is 0 Å². The Kier molecular flexibility index (Phi) is 3.52. The first-order valence-electron chi connectivity index (χ1n) is 4.99. The summed E-state index contributed by atoms with van der Waals surface area (Å²) >= 11 is 0. The van der Waals surface area contributed by atoms with Gasteiger partial charge in [0.2, 0.25) is 0 Å². The fourth-order valence-corrected chi connectivity index (χ4v) is 1.44. The van der Waals surface area contributed by atoms with Crippen molar-refractivity contribution in [1.29, 1.82) is 5.26 Å². The maximum atomic E-state index is 8.92. The molecule has 14 heavy (non-hydrogen) atoms. The number of hydrogen-bond acceptors (Lipinski definition) is 3. The Morgan fingerprint density at radius 2 is 2.14 bits per heavy atom. The molecule has 4 heteroatoms. The Labute approximate surface area is 84.3 Å². The molecule has 4 nitrogen and oxygen atoms in total. The molecule has 0 aliphatic heterocycles. The second-order valence-corrected chi connectivity index (χ2v) is 3.29. The third-order valence-electron chi connectivity index (χ3n) is 2.10. The van der Waals surface area contributed by atoms with Gasteiger partial charge in [-0.25, -0.2) is 4.68 Å². The van der Waals surface area contributed by atoms with Crippen molar-refractivity contribution >= 4 is 5.82 Å². The van der Waals surface area contributed by atoms with Crippen LogP contribution in [0.5, 0.6) is 0 Å². The molecule has 0 aromatic carbocycles. The van der Waals surface area contributed by atoms with Gasteiger partial charge in [-0.3, -0.25) is 0 Å². The third kappa shape index (κ3) is 1.87. The Morgan fingerprint density at radius 1 is 1.43 bits per heavy atom. The van der Waals surface area contributed by atoms with Crippen LogP contribution in [0.4, 0.5) is 5.82 Å². The van der Waals surface area contributed by atoms with Crippen LogP contribution in [0.1, 0.15) is 37.9 Å². The number of nitrogens with two attached hydrogens (primary N) is 1. The van der Waals surface area contributed by atoms with Crippen LogP contribution in [0.2, 0.25) is 0 Å². The van der Waals surface area contributed by atoms with Crippen molar-refractivity contribution in [2.24, 2.45) is 0 Å². The summed E-state index contributed by atoms with van der Waals surface area (Å²) in [5.41, 5.74) is 7.20. The van der Waals surface area contributed by atoms with E-state index in [1.807, 2.05) is 0 Å². The molecule has 0 bridgehead atoms. The molecule has 0 amide bonds. The Balaban J connectivity index is 3.06. The molecule has 0 unspecified atom stereocenters. The summed E-state index contributed by atoms with van der Waals surface area (Å²) in [5, 5.41) is 13.3. The van der Waals surface area contributed by atoms with Gasteiger partial charge in [0, 0.05) is 6.54 Å². The predicted octanol–water partition coefficient (Wildman–Crippen LogP) is 1.70. The molecule has 0 fully saturated rings. The normalized spacial score (nSPS) is 10.1. The molecule has 0 atom stereocenters. The lowest BCUT2D eigenvalue weighted by atomic mass is 10.2. The smallest absolute Gasteiger partial charge is 0.140 e. The highest BCUT2D eigenvalue weighted by molar-refractivity contribution is 5.52. The molecule has 1 aromatic rings. The lowest BCUT2D eigenvalue weighted by molar-refractivity contribution is 0.600. The van der Waals surface area contributed by atoms with Gasteiger partial charge in [-0.05, 0) is 12.8 Å². The molecule has 0 aliphatic rings. The maximum absolute atomic E-state index is 8.92. The molecule has 0 spiro atoms. The van der Waals surface area contributed by atoms with E-state index in [0.717, 1.165) is 31.5 Å². The standard InChI is InChI=1S/C10H16N4/c1-3-5-9-8(7-11)10(12)14(13-9)6-4-2/h3-6,12H2,1-2H3. The third-order valence-corrected chi connectivity index (χ3v) is 2.10. The average molecular weight is 192 g/mol. The number of anilines is 1. The number of aryl methyl sites for hydroxylation is 2. The first-order valence-corrected chi connectivity index (χ1v) is 4.99.